The fourth-order valence-electron chi connectivity index (χ4n) is 1.56. The summed E-state index contributed by atoms with van der Waals surface area (Å²) in [5, 5.41) is 9.29. The summed E-state index contributed by atoms with van der Waals surface area (Å²) in [6.45, 7) is 5.15. The smallest absolute Gasteiger partial charge is 0.243 e. The van der Waals surface area contributed by atoms with E-state index < -0.39 is 10.0 Å². The summed E-state index contributed by atoms with van der Waals surface area (Å²) in [6, 6.07) is 4.71. The first kappa shape index (κ1) is 15.2. The minimum Gasteiger partial charge on any atom is -0.395 e. The summed E-state index contributed by atoms with van der Waals surface area (Å²) in [4.78, 5) is 0.158. The number of hydrogen-bond acceptors (Lipinski definition) is 3. The van der Waals surface area contributed by atoms with Crippen molar-refractivity contribution in [2.75, 3.05) is 19.7 Å². The molecule has 0 heterocycles. The van der Waals surface area contributed by atoms with Crippen LogP contribution in [0.5, 0.6) is 0 Å². The van der Waals surface area contributed by atoms with Gasteiger partial charge in [0.15, 0.2) is 0 Å². The van der Waals surface area contributed by atoms with Crippen molar-refractivity contribution >= 4 is 21.6 Å². The van der Waals surface area contributed by atoms with Crippen LogP contribution in [0.1, 0.15) is 5.56 Å². The van der Waals surface area contributed by atoms with Crippen LogP contribution in [0.15, 0.2) is 35.7 Å². The summed E-state index contributed by atoms with van der Waals surface area (Å²) in [5.74, 6) is 0. The summed E-state index contributed by atoms with van der Waals surface area (Å²) in [7, 11) is -3.66. The maximum Gasteiger partial charge on any atom is 0.243 e. The molecule has 0 saturated carbocycles. The molecule has 0 unspecified atom stereocenters. The molecule has 1 N–H and O–H groups in total. The summed E-state index contributed by atoms with van der Waals surface area (Å²) < 4.78 is 26.0. The first-order valence-corrected chi connectivity index (χ1v) is 7.23. The van der Waals surface area contributed by atoms with Gasteiger partial charge in [0, 0.05) is 18.1 Å². The molecule has 0 aliphatic carbocycles. The third-order valence-corrected chi connectivity index (χ3v) is 4.69. The predicted molar refractivity (Wildman–Crippen MR) is 72.2 cm³/mol. The van der Waals surface area contributed by atoms with Gasteiger partial charge in [-0.3, -0.25) is 0 Å². The highest BCUT2D eigenvalue weighted by Gasteiger charge is 2.24. The standard InChI is InChI=1S/C12H16ClNO3S/c1-3-6-14(7-8-15)18(16,17)12-9-11(13)5-4-10(12)2/h3-5,9,15H,1,6-8H2,2H3. The SMILES string of the molecule is C=CCN(CCO)S(=O)(=O)c1cc(Cl)ccc1C. The highest BCUT2D eigenvalue weighted by Crippen LogP contribution is 2.23. The normalized spacial score (nSPS) is 11.8. The summed E-state index contributed by atoms with van der Waals surface area (Å²) >= 11 is 5.83. The van der Waals surface area contributed by atoms with Crippen molar-refractivity contribution in [1.29, 1.82) is 0 Å². The van der Waals surface area contributed by atoms with E-state index in [0.29, 0.717) is 10.6 Å². The maximum atomic E-state index is 12.4. The van der Waals surface area contributed by atoms with E-state index in [4.69, 9.17) is 16.7 Å². The van der Waals surface area contributed by atoms with E-state index in [0.717, 1.165) is 0 Å². The lowest BCUT2D eigenvalue weighted by Crippen LogP contribution is -2.34. The highest BCUT2D eigenvalue weighted by molar-refractivity contribution is 7.89. The second kappa shape index (κ2) is 6.33. The Morgan fingerprint density at radius 3 is 2.72 bits per heavy atom. The molecule has 0 aliphatic rings. The Morgan fingerprint density at radius 2 is 2.17 bits per heavy atom. The van der Waals surface area contributed by atoms with Crippen molar-refractivity contribution in [3.8, 4) is 0 Å². The van der Waals surface area contributed by atoms with Gasteiger partial charge in [0.25, 0.3) is 0 Å². The monoisotopic (exact) mass is 289 g/mol. The Kier molecular flexibility index (Phi) is 5.34. The first-order valence-electron chi connectivity index (χ1n) is 5.41. The zero-order valence-corrected chi connectivity index (χ0v) is 11.7. The van der Waals surface area contributed by atoms with Crippen LogP contribution in [-0.4, -0.2) is 37.5 Å². The van der Waals surface area contributed by atoms with Gasteiger partial charge in [-0.1, -0.05) is 23.7 Å². The van der Waals surface area contributed by atoms with E-state index in [1.54, 1.807) is 19.1 Å². The molecule has 1 aromatic carbocycles. The average molecular weight is 290 g/mol. The highest BCUT2D eigenvalue weighted by atomic mass is 35.5. The number of rotatable bonds is 6. The van der Waals surface area contributed by atoms with E-state index >= 15 is 0 Å². The molecule has 0 aromatic heterocycles. The second-order valence-corrected chi connectivity index (χ2v) is 6.13. The van der Waals surface area contributed by atoms with Crippen LogP contribution in [0, 0.1) is 6.92 Å². The van der Waals surface area contributed by atoms with Crippen molar-refractivity contribution in [1.82, 2.24) is 4.31 Å². The van der Waals surface area contributed by atoms with Gasteiger partial charge in [-0.15, -0.1) is 6.58 Å². The number of hydrogen-bond donors (Lipinski definition) is 1. The van der Waals surface area contributed by atoms with E-state index in [1.165, 1.54) is 16.4 Å². The van der Waals surface area contributed by atoms with Crippen LogP contribution in [-0.2, 0) is 10.0 Å². The molecule has 4 nitrogen and oxygen atoms in total. The molecule has 18 heavy (non-hydrogen) atoms. The van der Waals surface area contributed by atoms with Gasteiger partial charge in [-0.25, -0.2) is 8.42 Å². The first-order chi connectivity index (χ1) is 8.43. The molecular formula is C12H16ClNO3S. The number of halogens is 1. The molecule has 0 fully saturated rings. The minimum absolute atomic E-state index is 0.0281. The number of nitrogens with zero attached hydrogens (tertiary/aromatic N) is 1. The summed E-state index contributed by atoms with van der Waals surface area (Å²) in [5.41, 5.74) is 0.617. The van der Waals surface area contributed by atoms with Crippen LogP contribution in [0.3, 0.4) is 0 Å². The molecule has 0 bridgehead atoms. The largest absolute Gasteiger partial charge is 0.395 e. The Morgan fingerprint density at radius 1 is 1.50 bits per heavy atom. The summed E-state index contributed by atoms with van der Waals surface area (Å²) in [6.07, 6.45) is 1.48. The third kappa shape index (κ3) is 3.32. The molecule has 0 spiro atoms. The lowest BCUT2D eigenvalue weighted by atomic mass is 10.2. The number of benzene rings is 1. The van der Waals surface area contributed by atoms with Crippen molar-refractivity contribution in [2.45, 2.75) is 11.8 Å². The number of aryl methyl sites for hydroxylation is 1. The van der Waals surface area contributed by atoms with Crippen LogP contribution < -0.4 is 0 Å². The van der Waals surface area contributed by atoms with Crippen LogP contribution >= 0.6 is 11.6 Å². The molecule has 0 saturated heterocycles. The molecule has 100 valence electrons. The Balaban J connectivity index is 3.25. The van der Waals surface area contributed by atoms with Gasteiger partial charge in [0.05, 0.1) is 11.5 Å². The van der Waals surface area contributed by atoms with Crippen LogP contribution in [0.4, 0.5) is 0 Å². The third-order valence-electron chi connectivity index (χ3n) is 2.45. The van der Waals surface area contributed by atoms with E-state index in [9.17, 15) is 8.42 Å². The fourth-order valence-corrected chi connectivity index (χ4v) is 3.45. The van der Waals surface area contributed by atoms with E-state index in [-0.39, 0.29) is 24.6 Å². The molecule has 0 aliphatic heterocycles. The topological polar surface area (TPSA) is 57.6 Å². The molecule has 1 rings (SSSR count). The Hall–Kier alpha value is -0.880. The van der Waals surface area contributed by atoms with Crippen molar-refractivity contribution < 1.29 is 13.5 Å². The van der Waals surface area contributed by atoms with Gasteiger partial charge in [-0.05, 0) is 24.6 Å². The molecule has 0 atom stereocenters. The van der Waals surface area contributed by atoms with Gasteiger partial charge in [-0.2, -0.15) is 4.31 Å². The molecule has 0 amide bonds. The van der Waals surface area contributed by atoms with Gasteiger partial charge >= 0.3 is 0 Å². The van der Waals surface area contributed by atoms with Gasteiger partial charge < -0.3 is 5.11 Å². The zero-order chi connectivity index (χ0) is 13.8. The molecule has 6 heteroatoms. The molecule has 1 aromatic rings. The number of aliphatic hydroxyl groups excluding tert-OH is 1. The van der Waals surface area contributed by atoms with Crippen LogP contribution in [0.25, 0.3) is 0 Å². The van der Waals surface area contributed by atoms with Crippen molar-refractivity contribution in [3.63, 3.8) is 0 Å². The lowest BCUT2D eigenvalue weighted by molar-refractivity contribution is 0.260. The fraction of sp³-hybridized carbons (Fsp3) is 0.333. The van der Waals surface area contributed by atoms with E-state index in [2.05, 4.69) is 6.58 Å². The second-order valence-electron chi connectivity index (χ2n) is 3.79. The molecule has 0 radical (unpaired) electrons. The Bertz CT molecular complexity index is 528. The zero-order valence-electron chi connectivity index (χ0n) is 10.1. The number of sulfonamides is 1. The number of aliphatic hydroxyl groups is 1. The van der Waals surface area contributed by atoms with Gasteiger partial charge in [0.2, 0.25) is 10.0 Å². The Labute approximate surface area is 113 Å². The average Bonchev–Trinajstić information content (AvgIpc) is 2.32. The lowest BCUT2D eigenvalue weighted by Gasteiger charge is -2.20. The predicted octanol–water partition coefficient (Wildman–Crippen LogP) is 1.82. The molecular weight excluding hydrogens is 274 g/mol. The van der Waals surface area contributed by atoms with E-state index in [1.807, 2.05) is 0 Å². The quantitative estimate of drug-likeness (QED) is 0.813. The van der Waals surface area contributed by atoms with Crippen LogP contribution in [0.2, 0.25) is 5.02 Å². The van der Waals surface area contributed by atoms with Crippen molar-refractivity contribution in [2.24, 2.45) is 0 Å². The maximum absolute atomic E-state index is 12.4. The minimum atomic E-state index is -3.66. The van der Waals surface area contributed by atoms with Gasteiger partial charge in [0.1, 0.15) is 0 Å². The van der Waals surface area contributed by atoms with Crippen molar-refractivity contribution in [3.05, 3.63) is 41.4 Å².